The van der Waals surface area contributed by atoms with Crippen LogP contribution in [0.5, 0.6) is 5.75 Å². The molecule has 0 bridgehead atoms. The van der Waals surface area contributed by atoms with Gasteiger partial charge in [-0.05, 0) is 24.6 Å². The maximum atomic E-state index is 12.4. The summed E-state index contributed by atoms with van der Waals surface area (Å²) >= 11 is 0. The lowest BCUT2D eigenvalue weighted by Crippen LogP contribution is -2.14. The molecule has 1 amide bonds. The maximum absolute atomic E-state index is 12.4. The lowest BCUT2D eigenvalue weighted by molar-refractivity contribution is 0.102. The molecule has 0 spiro atoms. The van der Waals surface area contributed by atoms with E-state index in [1.807, 2.05) is 55.5 Å². The Morgan fingerprint density at radius 3 is 2.42 bits per heavy atom. The van der Waals surface area contributed by atoms with E-state index in [4.69, 9.17) is 4.74 Å². The molecule has 3 aromatic rings. The number of carbonyl (C=O) groups is 1. The molecule has 0 atom stereocenters. The van der Waals surface area contributed by atoms with Crippen LogP contribution in [0.3, 0.4) is 0 Å². The Hall–Kier alpha value is -3.41. The first-order chi connectivity index (χ1) is 12.8. The Balaban J connectivity index is 1.62. The van der Waals surface area contributed by atoms with Gasteiger partial charge in [0.1, 0.15) is 5.75 Å². The Morgan fingerprint density at radius 2 is 1.69 bits per heavy atom. The van der Waals surface area contributed by atoms with Crippen LogP contribution in [0.25, 0.3) is 0 Å². The molecule has 0 aliphatic carbocycles. The molecular weight excluding hydrogens is 328 g/mol. The molecule has 2 aromatic carbocycles. The van der Waals surface area contributed by atoms with Gasteiger partial charge in [-0.25, -0.2) is 9.97 Å². The van der Waals surface area contributed by atoms with Gasteiger partial charge in [0, 0.05) is 18.9 Å². The van der Waals surface area contributed by atoms with Crippen molar-refractivity contribution < 1.29 is 9.53 Å². The van der Waals surface area contributed by atoms with Gasteiger partial charge >= 0.3 is 0 Å². The van der Waals surface area contributed by atoms with Crippen LogP contribution in [0.4, 0.5) is 11.6 Å². The van der Waals surface area contributed by atoms with E-state index < -0.39 is 0 Å². The summed E-state index contributed by atoms with van der Waals surface area (Å²) in [4.78, 5) is 20.8. The molecule has 132 valence electrons. The van der Waals surface area contributed by atoms with Crippen LogP contribution in [-0.4, -0.2) is 22.5 Å². The molecule has 0 saturated heterocycles. The molecule has 0 radical (unpaired) electrons. The molecule has 0 aliphatic rings. The average Bonchev–Trinajstić information content (AvgIpc) is 2.69. The zero-order valence-corrected chi connectivity index (χ0v) is 14.5. The lowest BCUT2D eigenvalue weighted by Gasteiger charge is -2.11. The number of anilines is 2. The highest BCUT2D eigenvalue weighted by Crippen LogP contribution is 2.24. The standard InChI is InChI=1S/C20H20N4O2/c1-2-26-18-11-7-6-10-17(18)24-19(25)16-13-22-20(23-14-16)21-12-15-8-4-3-5-9-15/h3-11,13-14H,2,12H2,1H3,(H,24,25)(H,21,22,23). The van der Waals surface area contributed by atoms with Crippen molar-refractivity contribution in [1.82, 2.24) is 9.97 Å². The van der Waals surface area contributed by atoms with E-state index >= 15 is 0 Å². The van der Waals surface area contributed by atoms with Crippen molar-refractivity contribution in [3.8, 4) is 5.75 Å². The first-order valence-corrected chi connectivity index (χ1v) is 8.39. The average molecular weight is 348 g/mol. The zero-order chi connectivity index (χ0) is 18.2. The molecule has 3 rings (SSSR count). The smallest absolute Gasteiger partial charge is 0.258 e. The van der Waals surface area contributed by atoms with Gasteiger partial charge in [0.05, 0.1) is 17.9 Å². The van der Waals surface area contributed by atoms with Crippen LogP contribution in [0.1, 0.15) is 22.8 Å². The van der Waals surface area contributed by atoms with Crippen LogP contribution in [0.2, 0.25) is 0 Å². The van der Waals surface area contributed by atoms with E-state index in [1.54, 1.807) is 6.07 Å². The summed E-state index contributed by atoms with van der Waals surface area (Å²) in [5.74, 6) is 0.817. The largest absolute Gasteiger partial charge is 0.492 e. The van der Waals surface area contributed by atoms with E-state index in [2.05, 4.69) is 20.6 Å². The molecule has 6 heteroatoms. The molecule has 2 N–H and O–H groups in total. The van der Waals surface area contributed by atoms with E-state index in [-0.39, 0.29) is 5.91 Å². The summed E-state index contributed by atoms with van der Waals surface area (Å²) in [6.07, 6.45) is 3.00. The zero-order valence-electron chi connectivity index (χ0n) is 14.5. The fraction of sp³-hybridized carbons (Fsp3) is 0.150. The quantitative estimate of drug-likeness (QED) is 0.680. The van der Waals surface area contributed by atoms with Gasteiger partial charge < -0.3 is 15.4 Å². The monoisotopic (exact) mass is 348 g/mol. The minimum Gasteiger partial charge on any atom is -0.492 e. The number of rotatable bonds is 7. The Kier molecular flexibility index (Phi) is 5.77. The molecule has 26 heavy (non-hydrogen) atoms. The first-order valence-electron chi connectivity index (χ1n) is 8.39. The summed E-state index contributed by atoms with van der Waals surface area (Å²) in [7, 11) is 0. The minimum absolute atomic E-state index is 0.285. The molecule has 1 heterocycles. The van der Waals surface area contributed by atoms with Crippen LogP contribution < -0.4 is 15.4 Å². The number of nitrogens with zero attached hydrogens (tertiary/aromatic N) is 2. The predicted octanol–water partition coefficient (Wildman–Crippen LogP) is 3.74. The molecular formula is C20H20N4O2. The van der Waals surface area contributed by atoms with Gasteiger partial charge in [0.25, 0.3) is 5.91 Å². The fourth-order valence-corrected chi connectivity index (χ4v) is 2.36. The molecule has 1 aromatic heterocycles. The third kappa shape index (κ3) is 4.57. The van der Waals surface area contributed by atoms with E-state index in [0.29, 0.717) is 36.1 Å². The van der Waals surface area contributed by atoms with Gasteiger partial charge in [-0.1, -0.05) is 42.5 Å². The lowest BCUT2D eigenvalue weighted by atomic mass is 10.2. The number of carbonyl (C=O) groups excluding carboxylic acids is 1. The number of nitrogens with one attached hydrogen (secondary N) is 2. The second-order valence-corrected chi connectivity index (χ2v) is 5.52. The van der Waals surface area contributed by atoms with Crippen molar-refractivity contribution in [2.75, 3.05) is 17.2 Å². The molecule has 0 unspecified atom stereocenters. The van der Waals surface area contributed by atoms with E-state index in [1.165, 1.54) is 12.4 Å². The van der Waals surface area contributed by atoms with Gasteiger partial charge in [0.2, 0.25) is 5.95 Å². The van der Waals surface area contributed by atoms with Crippen molar-refractivity contribution in [1.29, 1.82) is 0 Å². The van der Waals surface area contributed by atoms with Crippen molar-refractivity contribution >= 4 is 17.5 Å². The van der Waals surface area contributed by atoms with Crippen molar-refractivity contribution in [3.63, 3.8) is 0 Å². The van der Waals surface area contributed by atoms with Gasteiger partial charge in [-0.3, -0.25) is 4.79 Å². The summed E-state index contributed by atoms with van der Waals surface area (Å²) < 4.78 is 5.51. The Bertz CT molecular complexity index is 851. The van der Waals surface area contributed by atoms with Crippen molar-refractivity contribution in [3.05, 3.63) is 78.1 Å². The topological polar surface area (TPSA) is 76.1 Å². The molecule has 0 saturated carbocycles. The number of aromatic nitrogens is 2. The van der Waals surface area contributed by atoms with Crippen LogP contribution >= 0.6 is 0 Å². The molecule has 0 fully saturated rings. The van der Waals surface area contributed by atoms with Crippen LogP contribution in [0, 0.1) is 0 Å². The number of benzene rings is 2. The Labute approximate surface area is 152 Å². The number of hydrogen-bond donors (Lipinski definition) is 2. The summed E-state index contributed by atoms with van der Waals surface area (Å²) in [6, 6.07) is 17.3. The van der Waals surface area contributed by atoms with Gasteiger partial charge in [-0.15, -0.1) is 0 Å². The van der Waals surface area contributed by atoms with Gasteiger partial charge in [-0.2, -0.15) is 0 Å². The van der Waals surface area contributed by atoms with E-state index in [9.17, 15) is 4.79 Å². The van der Waals surface area contributed by atoms with Crippen LogP contribution in [-0.2, 0) is 6.54 Å². The second kappa shape index (κ2) is 8.62. The highest BCUT2D eigenvalue weighted by molar-refractivity contribution is 6.04. The maximum Gasteiger partial charge on any atom is 0.258 e. The summed E-state index contributed by atoms with van der Waals surface area (Å²) in [6.45, 7) is 3.04. The predicted molar refractivity (Wildman–Crippen MR) is 101 cm³/mol. The van der Waals surface area contributed by atoms with Crippen LogP contribution in [0.15, 0.2) is 67.0 Å². The SMILES string of the molecule is CCOc1ccccc1NC(=O)c1cnc(NCc2ccccc2)nc1. The van der Waals surface area contributed by atoms with Crippen molar-refractivity contribution in [2.45, 2.75) is 13.5 Å². The third-order valence-electron chi connectivity index (χ3n) is 3.64. The summed E-state index contributed by atoms with van der Waals surface area (Å²) in [5, 5.41) is 5.95. The number of hydrogen-bond acceptors (Lipinski definition) is 5. The number of para-hydroxylation sites is 2. The fourth-order valence-electron chi connectivity index (χ4n) is 2.36. The number of amides is 1. The summed E-state index contributed by atoms with van der Waals surface area (Å²) in [5.41, 5.74) is 2.12. The minimum atomic E-state index is -0.285. The van der Waals surface area contributed by atoms with Crippen molar-refractivity contribution in [2.24, 2.45) is 0 Å². The first kappa shape index (κ1) is 17.4. The normalized spacial score (nSPS) is 10.2. The molecule has 0 aliphatic heterocycles. The third-order valence-corrected chi connectivity index (χ3v) is 3.64. The van der Waals surface area contributed by atoms with E-state index in [0.717, 1.165) is 5.56 Å². The highest BCUT2D eigenvalue weighted by Gasteiger charge is 2.10. The highest BCUT2D eigenvalue weighted by atomic mass is 16.5. The number of ether oxygens (including phenoxy) is 1. The Morgan fingerprint density at radius 1 is 1.00 bits per heavy atom. The second-order valence-electron chi connectivity index (χ2n) is 5.52. The van der Waals surface area contributed by atoms with Gasteiger partial charge in [0.15, 0.2) is 0 Å². The molecule has 6 nitrogen and oxygen atoms in total.